The van der Waals surface area contributed by atoms with E-state index >= 15 is 0 Å². The number of carbonyl (C=O) groups excluding carboxylic acids is 1. The first-order chi connectivity index (χ1) is 15.8. The molecule has 0 amide bonds. The van der Waals surface area contributed by atoms with Crippen molar-refractivity contribution in [3.63, 3.8) is 0 Å². The number of fused-ring (bicyclic) bond motifs is 5. The third-order valence-corrected chi connectivity index (χ3v) is 11.8. The molecule has 4 heteroatoms. The SMILES string of the molecule is CC(C)=CC1CC(C2CC=C3C2(C)CCC2C4(C)CCC(O)C(C)(C)C4CC(O)C32C)C(=O)O1. The van der Waals surface area contributed by atoms with Crippen LogP contribution in [0.2, 0.25) is 0 Å². The number of hydrogen-bond donors (Lipinski definition) is 2. The van der Waals surface area contributed by atoms with E-state index in [-0.39, 0.29) is 51.7 Å². The number of allylic oxidation sites excluding steroid dienone is 2. The second kappa shape index (κ2) is 7.68. The van der Waals surface area contributed by atoms with Gasteiger partial charge < -0.3 is 14.9 Å². The molecule has 190 valence electrons. The Morgan fingerprint density at radius 1 is 1.00 bits per heavy atom. The van der Waals surface area contributed by atoms with E-state index in [0.29, 0.717) is 11.8 Å². The van der Waals surface area contributed by atoms with Crippen LogP contribution in [-0.2, 0) is 9.53 Å². The van der Waals surface area contributed by atoms with Crippen LogP contribution < -0.4 is 0 Å². The Morgan fingerprint density at radius 3 is 2.38 bits per heavy atom. The first kappa shape index (κ1) is 24.6. The zero-order chi connectivity index (χ0) is 24.8. The molecule has 0 radical (unpaired) electrons. The lowest BCUT2D eigenvalue weighted by Crippen LogP contribution is -2.65. The highest BCUT2D eigenvalue weighted by Crippen LogP contribution is 2.73. The van der Waals surface area contributed by atoms with Gasteiger partial charge in [0.2, 0.25) is 0 Å². The number of ether oxygens (including phenoxy) is 1. The first-order valence-electron chi connectivity index (χ1n) is 13.7. The van der Waals surface area contributed by atoms with Crippen molar-refractivity contribution in [3.8, 4) is 0 Å². The molecule has 4 nitrogen and oxygen atoms in total. The van der Waals surface area contributed by atoms with E-state index in [1.807, 2.05) is 0 Å². The second-order valence-corrected chi connectivity index (χ2v) is 14.0. The van der Waals surface area contributed by atoms with Gasteiger partial charge in [-0.2, -0.15) is 0 Å². The molecular formula is C30H46O4. The highest BCUT2D eigenvalue weighted by molar-refractivity contribution is 5.76. The summed E-state index contributed by atoms with van der Waals surface area (Å²) in [5.74, 6) is 0.870. The number of aliphatic hydroxyl groups excluding tert-OH is 2. The summed E-state index contributed by atoms with van der Waals surface area (Å²) in [4.78, 5) is 13.0. The Morgan fingerprint density at radius 2 is 1.71 bits per heavy atom. The normalized spacial score (nSPS) is 51.6. The lowest BCUT2D eigenvalue weighted by molar-refractivity contribution is -0.212. The Bertz CT molecular complexity index is 928. The van der Waals surface area contributed by atoms with E-state index < -0.39 is 6.10 Å². The molecule has 1 saturated heterocycles. The minimum Gasteiger partial charge on any atom is -0.458 e. The van der Waals surface area contributed by atoms with Gasteiger partial charge in [0.15, 0.2) is 0 Å². The smallest absolute Gasteiger partial charge is 0.310 e. The lowest BCUT2D eigenvalue weighted by atomic mass is 9.37. The summed E-state index contributed by atoms with van der Waals surface area (Å²) in [6.45, 7) is 15.7. The van der Waals surface area contributed by atoms with Crippen molar-refractivity contribution in [2.75, 3.05) is 0 Å². The third-order valence-electron chi connectivity index (χ3n) is 11.8. The van der Waals surface area contributed by atoms with Gasteiger partial charge >= 0.3 is 5.97 Å². The van der Waals surface area contributed by atoms with Crippen molar-refractivity contribution in [1.29, 1.82) is 0 Å². The summed E-state index contributed by atoms with van der Waals surface area (Å²) in [7, 11) is 0. The van der Waals surface area contributed by atoms with E-state index in [4.69, 9.17) is 4.74 Å². The predicted molar refractivity (Wildman–Crippen MR) is 134 cm³/mol. The van der Waals surface area contributed by atoms with Crippen molar-refractivity contribution in [3.05, 3.63) is 23.3 Å². The van der Waals surface area contributed by atoms with Gasteiger partial charge in [0.25, 0.3) is 0 Å². The highest BCUT2D eigenvalue weighted by atomic mass is 16.5. The summed E-state index contributed by atoms with van der Waals surface area (Å²) in [6, 6.07) is 0. The first-order valence-corrected chi connectivity index (χ1v) is 13.7. The van der Waals surface area contributed by atoms with Gasteiger partial charge in [0.1, 0.15) is 6.10 Å². The van der Waals surface area contributed by atoms with Gasteiger partial charge in [-0.05, 0) is 92.4 Å². The number of hydrogen-bond acceptors (Lipinski definition) is 4. The van der Waals surface area contributed by atoms with Crippen molar-refractivity contribution >= 4 is 5.97 Å². The van der Waals surface area contributed by atoms with Crippen molar-refractivity contribution < 1.29 is 19.7 Å². The van der Waals surface area contributed by atoms with Crippen LogP contribution in [0.15, 0.2) is 23.3 Å². The number of aliphatic hydroxyl groups is 2. The number of rotatable bonds is 2. The molecule has 10 atom stereocenters. The fraction of sp³-hybridized carbons (Fsp3) is 0.833. The molecule has 0 aromatic heterocycles. The maximum absolute atomic E-state index is 13.0. The number of carbonyl (C=O) groups is 1. The second-order valence-electron chi connectivity index (χ2n) is 14.0. The van der Waals surface area contributed by atoms with Crippen molar-refractivity contribution in [1.82, 2.24) is 0 Å². The van der Waals surface area contributed by atoms with Gasteiger partial charge in [0.05, 0.1) is 18.1 Å². The molecule has 1 aliphatic heterocycles. The van der Waals surface area contributed by atoms with E-state index in [9.17, 15) is 15.0 Å². The fourth-order valence-corrected chi connectivity index (χ4v) is 10.0. The van der Waals surface area contributed by atoms with Crippen molar-refractivity contribution in [2.45, 2.75) is 112 Å². The van der Waals surface area contributed by atoms with E-state index in [0.717, 1.165) is 44.9 Å². The van der Waals surface area contributed by atoms with E-state index in [1.165, 1.54) is 11.1 Å². The van der Waals surface area contributed by atoms with Gasteiger partial charge in [-0.1, -0.05) is 51.8 Å². The minimum atomic E-state index is -0.418. The summed E-state index contributed by atoms with van der Waals surface area (Å²) in [5.41, 5.74) is 2.19. The molecule has 4 aliphatic carbocycles. The highest BCUT2D eigenvalue weighted by Gasteiger charge is 2.68. The largest absolute Gasteiger partial charge is 0.458 e. The molecule has 0 aromatic carbocycles. The molecule has 3 saturated carbocycles. The molecule has 34 heavy (non-hydrogen) atoms. The quantitative estimate of drug-likeness (QED) is 0.394. The Balaban J connectivity index is 1.47. The zero-order valence-corrected chi connectivity index (χ0v) is 22.4. The average Bonchev–Trinajstić information content (AvgIpc) is 3.26. The van der Waals surface area contributed by atoms with E-state index in [2.05, 4.69) is 60.6 Å². The summed E-state index contributed by atoms with van der Waals surface area (Å²) < 4.78 is 5.78. The summed E-state index contributed by atoms with van der Waals surface area (Å²) in [5, 5.41) is 22.7. The van der Waals surface area contributed by atoms with Crippen LogP contribution in [0.1, 0.15) is 93.4 Å². The van der Waals surface area contributed by atoms with Crippen LogP contribution in [0.3, 0.4) is 0 Å². The summed E-state index contributed by atoms with van der Waals surface area (Å²) in [6.07, 6.45) is 10.1. The maximum atomic E-state index is 13.0. The molecule has 0 bridgehead atoms. The topological polar surface area (TPSA) is 66.8 Å². The van der Waals surface area contributed by atoms with Crippen LogP contribution in [-0.4, -0.2) is 34.5 Å². The molecule has 5 aliphatic rings. The van der Waals surface area contributed by atoms with Gasteiger partial charge in [-0.15, -0.1) is 0 Å². The van der Waals surface area contributed by atoms with Crippen LogP contribution in [0.5, 0.6) is 0 Å². The van der Waals surface area contributed by atoms with Gasteiger partial charge in [0, 0.05) is 11.8 Å². The minimum absolute atomic E-state index is 0.0325. The molecule has 4 fully saturated rings. The average molecular weight is 471 g/mol. The molecule has 5 rings (SSSR count). The lowest BCUT2D eigenvalue weighted by Gasteiger charge is -2.68. The number of cyclic esters (lactones) is 1. The maximum Gasteiger partial charge on any atom is 0.310 e. The molecular weight excluding hydrogens is 424 g/mol. The van der Waals surface area contributed by atoms with Crippen LogP contribution >= 0.6 is 0 Å². The van der Waals surface area contributed by atoms with Crippen LogP contribution in [0.4, 0.5) is 0 Å². The third kappa shape index (κ3) is 3.13. The molecule has 0 spiro atoms. The monoisotopic (exact) mass is 470 g/mol. The predicted octanol–water partition coefficient (Wildman–Crippen LogP) is 5.82. The number of esters is 1. The molecule has 10 unspecified atom stereocenters. The molecule has 0 aromatic rings. The molecule has 1 heterocycles. The van der Waals surface area contributed by atoms with E-state index in [1.54, 1.807) is 0 Å². The summed E-state index contributed by atoms with van der Waals surface area (Å²) >= 11 is 0. The van der Waals surface area contributed by atoms with Crippen LogP contribution in [0, 0.1) is 45.3 Å². The fourth-order valence-electron chi connectivity index (χ4n) is 10.0. The molecule has 2 N–H and O–H groups in total. The standard InChI is InChI=1S/C30H46O4/c1-17(2)14-18-15-19(26(33)34-18)20-8-9-21-28(20,5)12-10-22-29(6)13-11-24(31)27(3,4)23(29)16-25(32)30(21,22)7/h9,14,18-20,22-25,31-32H,8,10-13,15-16H2,1-7H3. The van der Waals surface area contributed by atoms with Gasteiger partial charge in [-0.25, -0.2) is 0 Å². The Kier molecular flexibility index (Phi) is 5.55. The zero-order valence-electron chi connectivity index (χ0n) is 22.4. The van der Waals surface area contributed by atoms with Crippen molar-refractivity contribution in [2.24, 2.45) is 45.3 Å². The van der Waals surface area contributed by atoms with Crippen LogP contribution in [0.25, 0.3) is 0 Å². The van der Waals surface area contributed by atoms with Gasteiger partial charge in [-0.3, -0.25) is 4.79 Å². The Labute approximate surface area is 206 Å². The Hall–Kier alpha value is -1.13.